The van der Waals surface area contributed by atoms with Gasteiger partial charge >= 0.3 is 6.09 Å². The maximum Gasteiger partial charge on any atom is 0.410 e. The van der Waals surface area contributed by atoms with Gasteiger partial charge in [0.1, 0.15) is 17.7 Å². The summed E-state index contributed by atoms with van der Waals surface area (Å²) >= 11 is 0. The summed E-state index contributed by atoms with van der Waals surface area (Å²) in [4.78, 5) is 27.6. The normalized spacial score (nSPS) is 19.1. The van der Waals surface area contributed by atoms with Crippen LogP contribution in [0.15, 0.2) is 42.5 Å². The number of nitrogens with two attached hydrogens (primary N) is 1. The first-order valence-electron chi connectivity index (χ1n) is 13.3. The van der Waals surface area contributed by atoms with Gasteiger partial charge in [0.25, 0.3) is 0 Å². The lowest BCUT2D eigenvalue weighted by Crippen LogP contribution is -2.44. The number of hydrogen-bond acceptors (Lipinski definition) is 5. The van der Waals surface area contributed by atoms with Crippen LogP contribution in [0.1, 0.15) is 38.7 Å². The van der Waals surface area contributed by atoms with Gasteiger partial charge in [-0.15, -0.1) is 0 Å². The van der Waals surface area contributed by atoms with E-state index in [0.29, 0.717) is 49.7 Å². The van der Waals surface area contributed by atoms with Gasteiger partial charge in [0.15, 0.2) is 0 Å². The van der Waals surface area contributed by atoms with Crippen LogP contribution in [0.25, 0.3) is 11.1 Å². The Morgan fingerprint density at radius 3 is 2.26 bits per heavy atom. The Morgan fingerprint density at radius 1 is 1.00 bits per heavy atom. The zero-order valence-corrected chi connectivity index (χ0v) is 22.1. The van der Waals surface area contributed by atoms with Crippen molar-refractivity contribution < 1.29 is 27.8 Å². The van der Waals surface area contributed by atoms with Crippen LogP contribution in [-0.2, 0) is 16.0 Å². The van der Waals surface area contributed by atoms with E-state index in [0.717, 1.165) is 24.2 Å². The first kappa shape index (κ1) is 27.8. The van der Waals surface area contributed by atoms with E-state index in [4.69, 9.17) is 15.2 Å². The van der Waals surface area contributed by atoms with E-state index in [9.17, 15) is 18.4 Å². The third kappa shape index (κ3) is 7.22. The molecule has 0 radical (unpaired) electrons. The third-order valence-corrected chi connectivity index (χ3v) is 7.14. The average molecular weight is 530 g/mol. The van der Waals surface area contributed by atoms with E-state index in [1.807, 2.05) is 38.1 Å². The van der Waals surface area contributed by atoms with E-state index in [-0.39, 0.29) is 31.1 Å². The number of carbonyl (C=O) groups excluding carboxylic acids is 2. The Labute approximate surface area is 222 Å². The summed E-state index contributed by atoms with van der Waals surface area (Å²) in [6.07, 6.45) is 0.710. The summed E-state index contributed by atoms with van der Waals surface area (Å²) in [6, 6.07) is 11.5. The molecule has 2 N–H and O–H groups in total. The van der Waals surface area contributed by atoms with Crippen molar-refractivity contribution >= 4 is 12.0 Å². The van der Waals surface area contributed by atoms with Crippen molar-refractivity contribution in [2.24, 2.45) is 11.7 Å². The number of ether oxygens (including phenoxy) is 2. The Kier molecular flexibility index (Phi) is 9.20. The van der Waals surface area contributed by atoms with E-state index in [1.54, 1.807) is 17.0 Å². The molecule has 0 spiro atoms. The molecule has 0 saturated carbocycles. The number of carbonyl (C=O) groups is 2. The van der Waals surface area contributed by atoms with Gasteiger partial charge in [0.05, 0.1) is 25.3 Å². The summed E-state index contributed by atoms with van der Waals surface area (Å²) in [7, 11) is 0. The third-order valence-electron chi connectivity index (χ3n) is 7.14. The van der Waals surface area contributed by atoms with Crippen molar-refractivity contribution in [2.45, 2.75) is 57.8 Å². The second kappa shape index (κ2) is 12.6. The van der Waals surface area contributed by atoms with E-state index in [1.165, 1.54) is 11.0 Å². The van der Waals surface area contributed by atoms with Gasteiger partial charge < -0.3 is 25.0 Å². The van der Waals surface area contributed by atoms with Crippen molar-refractivity contribution in [1.82, 2.24) is 9.80 Å². The highest BCUT2D eigenvalue weighted by molar-refractivity contribution is 5.82. The number of alkyl halides is 1. The zero-order chi connectivity index (χ0) is 27.2. The van der Waals surface area contributed by atoms with Gasteiger partial charge in [-0.2, -0.15) is 0 Å². The Hall–Kier alpha value is -3.20. The van der Waals surface area contributed by atoms with E-state index >= 15 is 0 Å². The lowest BCUT2D eigenvalue weighted by atomic mass is 9.98. The fourth-order valence-electron chi connectivity index (χ4n) is 4.89. The summed E-state index contributed by atoms with van der Waals surface area (Å²) in [5.74, 6) is 0.318. The molecule has 38 heavy (non-hydrogen) atoms. The van der Waals surface area contributed by atoms with Gasteiger partial charge in [0.2, 0.25) is 5.91 Å². The maximum absolute atomic E-state index is 14.8. The van der Waals surface area contributed by atoms with Gasteiger partial charge in [-0.05, 0) is 80.3 Å². The van der Waals surface area contributed by atoms with E-state index < -0.39 is 18.0 Å². The monoisotopic (exact) mass is 529 g/mol. The predicted molar refractivity (Wildman–Crippen MR) is 141 cm³/mol. The molecule has 0 bridgehead atoms. The number of nitrogens with zero attached hydrogens (tertiary/aromatic N) is 2. The summed E-state index contributed by atoms with van der Waals surface area (Å²) in [5, 5.41) is 0. The number of piperidine rings is 1. The number of amides is 2. The maximum atomic E-state index is 14.8. The summed E-state index contributed by atoms with van der Waals surface area (Å²) < 4.78 is 39.5. The second-order valence-electron chi connectivity index (χ2n) is 10.5. The van der Waals surface area contributed by atoms with Crippen LogP contribution >= 0.6 is 0 Å². The molecule has 2 aliphatic rings. The fourth-order valence-corrected chi connectivity index (χ4v) is 4.89. The minimum Gasteiger partial charge on any atom is -0.493 e. The summed E-state index contributed by atoms with van der Waals surface area (Å²) in [6.45, 7) is 5.99. The number of halogens is 2. The molecule has 2 unspecified atom stereocenters. The van der Waals surface area contributed by atoms with Crippen molar-refractivity contribution in [2.75, 3.05) is 32.8 Å². The van der Waals surface area contributed by atoms with Crippen molar-refractivity contribution in [1.29, 1.82) is 0 Å². The van der Waals surface area contributed by atoms with Gasteiger partial charge in [-0.3, -0.25) is 4.79 Å². The molecule has 2 amide bonds. The first-order valence-corrected chi connectivity index (χ1v) is 13.3. The summed E-state index contributed by atoms with van der Waals surface area (Å²) in [5.41, 5.74) is 7.91. The molecule has 2 aromatic rings. The van der Waals surface area contributed by atoms with E-state index in [2.05, 4.69) is 0 Å². The van der Waals surface area contributed by atoms with Crippen molar-refractivity contribution in [3.05, 3.63) is 53.8 Å². The highest BCUT2D eigenvalue weighted by atomic mass is 19.1. The Balaban J connectivity index is 1.26. The largest absolute Gasteiger partial charge is 0.493 e. The molecule has 4 rings (SSSR count). The van der Waals surface area contributed by atoms with Crippen LogP contribution in [0.2, 0.25) is 0 Å². The average Bonchev–Trinajstić information content (AvgIpc) is 3.34. The minimum absolute atomic E-state index is 0.0573. The molecular weight excluding hydrogens is 492 g/mol. The highest BCUT2D eigenvalue weighted by Crippen LogP contribution is 2.26. The van der Waals surface area contributed by atoms with Crippen LogP contribution in [-0.4, -0.2) is 72.9 Å². The van der Waals surface area contributed by atoms with Gasteiger partial charge in [0, 0.05) is 19.6 Å². The standard InChI is InChI=1S/C29H37F2N3O4/c1-19(2)38-29(36)33-12-9-20(10-13-33)18-37-25-7-5-21(6-8-25)22-3-4-23(26(31)15-22)16-27(32)28(35)34-14-11-24(30)17-34/h3-8,15,19-20,24,27H,9-14,16-18,32H2,1-2H3. The lowest BCUT2D eigenvalue weighted by Gasteiger charge is -2.31. The molecule has 2 heterocycles. The molecule has 7 nitrogen and oxygen atoms in total. The number of rotatable bonds is 8. The smallest absolute Gasteiger partial charge is 0.410 e. The second-order valence-corrected chi connectivity index (χ2v) is 10.5. The molecule has 0 aromatic heterocycles. The fraction of sp³-hybridized carbons (Fsp3) is 0.517. The molecule has 2 atom stereocenters. The molecule has 9 heteroatoms. The first-order chi connectivity index (χ1) is 18.2. The lowest BCUT2D eigenvalue weighted by molar-refractivity contribution is -0.131. The molecular formula is C29H37F2N3O4. The molecule has 206 valence electrons. The number of hydrogen-bond donors (Lipinski definition) is 1. The molecule has 2 saturated heterocycles. The van der Waals surface area contributed by atoms with Crippen LogP contribution in [0, 0.1) is 11.7 Å². The topological polar surface area (TPSA) is 85.1 Å². The molecule has 2 fully saturated rings. The quantitative estimate of drug-likeness (QED) is 0.542. The SMILES string of the molecule is CC(C)OC(=O)N1CCC(COc2ccc(-c3ccc(CC(N)C(=O)N4CCC(F)C4)c(F)c3)cc2)CC1. The molecule has 0 aliphatic carbocycles. The molecule has 2 aliphatic heterocycles. The minimum atomic E-state index is -1.01. The zero-order valence-electron chi connectivity index (χ0n) is 22.1. The van der Waals surface area contributed by atoms with Crippen molar-refractivity contribution in [3.8, 4) is 16.9 Å². The van der Waals surface area contributed by atoms with Crippen molar-refractivity contribution in [3.63, 3.8) is 0 Å². The highest BCUT2D eigenvalue weighted by Gasteiger charge is 2.29. The van der Waals surface area contributed by atoms with Crippen LogP contribution in [0.3, 0.4) is 0 Å². The van der Waals surface area contributed by atoms with Gasteiger partial charge in [-0.1, -0.05) is 24.3 Å². The van der Waals surface area contributed by atoms with Crippen LogP contribution in [0.5, 0.6) is 5.75 Å². The van der Waals surface area contributed by atoms with Crippen LogP contribution in [0.4, 0.5) is 13.6 Å². The Morgan fingerprint density at radius 2 is 1.66 bits per heavy atom. The predicted octanol–water partition coefficient (Wildman–Crippen LogP) is 4.57. The molecule has 2 aromatic carbocycles. The number of benzene rings is 2. The van der Waals surface area contributed by atoms with Crippen LogP contribution < -0.4 is 10.5 Å². The number of likely N-dealkylation sites (tertiary alicyclic amines) is 2. The van der Waals surface area contributed by atoms with Gasteiger partial charge in [-0.25, -0.2) is 13.6 Å². The Bertz CT molecular complexity index is 1100.